The number of amides is 1. The lowest BCUT2D eigenvalue weighted by atomic mass is 10.1. The van der Waals surface area contributed by atoms with E-state index < -0.39 is 5.97 Å². The molecule has 2 N–H and O–H groups in total. The molecule has 0 saturated carbocycles. The van der Waals surface area contributed by atoms with Crippen molar-refractivity contribution >= 4 is 40.8 Å². The number of hydrogen-bond acceptors (Lipinski definition) is 3. The number of aliphatic carboxylic acids is 1. The number of halogens is 2. The Labute approximate surface area is 190 Å². The summed E-state index contributed by atoms with van der Waals surface area (Å²) < 4.78 is 1.80. The number of anilines is 1. The van der Waals surface area contributed by atoms with Gasteiger partial charge in [0.2, 0.25) is 0 Å². The van der Waals surface area contributed by atoms with E-state index in [1.807, 2.05) is 44.2 Å². The molecule has 0 aliphatic carbocycles. The minimum Gasteiger partial charge on any atom is -0.481 e. The number of rotatable bonds is 8. The van der Waals surface area contributed by atoms with Gasteiger partial charge in [-0.3, -0.25) is 14.3 Å². The van der Waals surface area contributed by atoms with Crippen molar-refractivity contribution < 1.29 is 14.7 Å². The molecule has 0 aliphatic rings. The summed E-state index contributed by atoms with van der Waals surface area (Å²) in [5.41, 5.74) is 6.23. The van der Waals surface area contributed by atoms with E-state index in [4.69, 9.17) is 28.3 Å². The first-order chi connectivity index (χ1) is 14.8. The zero-order valence-electron chi connectivity index (χ0n) is 17.3. The monoisotopic (exact) mass is 459 g/mol. The Balaban J connectivity index is 1.70. The second kappa shape index (κ2) is 9.98. The molecular weight excluding hydrogens is 437 g/mol. The van der Waals surface area contributed by atoms with E-state index in [9.17, 15) is 9.59 Å². The highest BCUT2D eigenvalue weighted by Gasteiger charge is 2.15. The Morgan fingerprint density at radius 1 is 1.03 bits per heavy atom. The minimum atomic E-state index is -0.874. The molecule has 2 aromatic carbocycles. The number of carboxylic acids is 1. The standard InChI is InChI=1S/C23H23Cl2N3O3/c1-14-21(10-22(29)30)15(2)28(27-14)13-16-3-7-20(8-4-16)26-23(31)17-5-6-18(11-24)19(9-17)12-25/h3-9H,10-13H2,1-2H3,(H,26,31)(H,29,30). The van der Waals surface area contributed by atoms with Crippen molar-refractivity contribution in [1.82, 2.24) is 9.78 Å². The van der Waals surface area contributed by atoms with Gasteiger partial charge in [-0.25, -0.2) is 0 Å². The Kier molecular flexibility index (Phi) is 7.36. The normalized spacial score (nSPS) is 10.8. The Morgan fingerprint density at radius 3 is 2.32 bits per heavy atom. The first-order valence-corrected chi connectivity index (χ1v) is 10.8. The molecule has 3 rings (SSSR count). The molecule has 162 valence electrons. The van der Waals surface area contributed by atoms with Crippen molar-refractivity contribution in [2.75, 3.05) is 5.32 Å². The van der Waals surface area contributed by atoms with Crippen LogP contribution in [0.5, 0.6) is 0 Å². The van der Waals surface area contributed by atoms with Crippen molar-refractivity contribution in [3.63, 3.8) is 0 Å². The molecule has 0 fully saturated rings. The number of aryl methyl sites for hydroxylation is 1. The van der Waals surface area contributed by atoms with Crippen LogP contribution >= 0.6 is 23.2 Å². The number of alkyl halides is 2. The number of carboxylic acid groups (broad SMARTS) is 1. The molecule has 6 nitrogen and oxygen atoms in total. The molecule has 3 aromatic rings. The molecular formula is C23H23Cl2N3O3. The quantitative estimate of drug-likeness (QED) is 0.468. The van der Waals surface area contributed by atoms with Crippen LogP contribution in [0.2, 0.25) is 0 Å². The largest absolute Gasteiger partial charge is 0.481 e. The van der Waals surface area contributed by atoms with Crippen molar-refractivity contribution in [1.29, 1.82) is 0 Å². The second-order valence-electron chi connectivity index (χ2n) is 7.28. The molecule has 1 heterocycles. The molecule has 0 atom stereocenters. The van der Waals surface area contributed by atoms with Crippen molar-refractivity contribution in [3.8, 4) is 0 Å². The van der Waals surface area contributed by atoms with Crippen LogP contribution in [0.15, 0.2) is 42.5 Å². The van der Waals surface area contributed by atoms with E-state index in [2.05, 4.69) is 10.4 Å². The van der Waals surface area contributed by atoms with Crippen LogP contribution in [0.3, 0.4) is 0 Å². The van der Waals surface area contributed by atoms with Gasteiger partial charge in [0.05, 0.1) is 18.7 Å². The van der Waals surface area contributed by atoms with Crippen LogP contribution in [-0.4, -0.2) is 26.8 Å². The van der Waals surface area contributed by atoms with Gasteiger partial charge in [-0.1, -0.05) is 18.2 Å². The molecule has 31 heavy (non-hydrogen) atoms. The van der Waals surface area contributed by atoms with E-state index in [1.54, 1.807) is 16.8 Å². The fraction of sp³-hybridized carbons (Fsp3) is 0.261. The van der Waals surface area contributed by atoms with Gasteiger partial charge in [0.25, 0.3) is 5.91 Å². The molecule has 0 aliphatic heterocycles. The van der Waals surface area contributed by atoms with Crippen LogP contribution in [-0.2, 0) is 29.5 Å². The molecule has 0 spiro atoms. The van der Waals surface area contributed by atoms with Crippen molar-refractivity contribution in [3.05, 3.63) is 81.7 Å². The van der Waals surface area contributed by atoms with Gasteiger partial charge >= 0.3 is 5.97 Å². The third kappa shape index (κ3) is 5.46. The molecule has 0 radical (unpaired) electrons. The Morgan fingerprint density at radius 2 is 1.71 bits per heavy atom. The first kappa shape index (κ1) is 22.8. The number of nitrogens with zero attached hydrogens (tertiary/aromatic N) is 2. The average molecular weight is 460 g/mol. The predicted octanol–water partition coefficient (Wildman–Crippen LogP) is 4.91. The minimum absolute atomic E-state index is 0.0417. The van der Waals surface area contributed by atoms with Crippen molar-refractivity contribution in [2.45, 2.75) is 38.6 Å². The Hall–Kier alpha value is -2.83. The maximum atomic E-state index is 12.6. The maximum Gasteiger partial charge on any atom is 0.307 e. The van der Waals surface area contributed by atoms with E-state index in [0.29, 0.717) is 29.6 Å². The van der Waals surface area contributed by atoms with Gasteiger partial charge in [0.15, 0.2) is 0 Å². The lowest BCUT2D eigenvalue weighted by molar-refractivity contribution is -0.136. The van der Waals surface area contributed by atoms with Crippen LogP contribution in [0.25, 0.3) is 0 Å². The fourth-order valence-corrected chi connectivity index (χ4v) is 3.90. The number of aromatic nitrogens is 2. The lowest BCUT2D eigenvalue weighted by Gasteiger charge is -2.10. The summed E-state index contributed by atoms with van der Waals surface area (Å²) in [6.45, 7) is 4.20. The summed E-state index contributed by atoms with van der Waals surface area (Å²) in [4.78, 5) is 23.6. The van der Waals surface area contributed by atoms with Gasteiger partial charge < -0.3 is 10.4 Å². The van der Waals surface area contributed by atoms with E-state index in [0.717, 1.165) is 33.6 Å². The highest BCUT2D eigenvalue weighted by atomic mass is 35.5. The third-order valence-electron chi connectivity index (χ3n) is 5.16. The molecule has 0 bridgehead atoms. The third-order valence-corrected chi connectivity index (χ3v) is 5.74. The zero-order valence-corrected chi connectivity index (χ0v) is 18.8. The SMILES string of the molecule is Cc1nn(Cc2ccc(NC(=O)c3ccc(CCl)c(CCl)c3)cc2)c(C)c1CC(=O)O. The van der Waals surface area contributed by atoms with Crippen LogP contribution in [0.1, 0.15) is 44.0 Å². The van der Waals surface area contributed by atoms with Crippen LogP contribution in [0, 0.1) is 13.8 Å². The number of carbonyl (C=O) groups is 2. The zero-order chi connectivity index (χ0) is 22.5. The van der Waals surface area contributed by atoms with Gasteiger partial charge in [-0.2, -0.15) is 5.10 Å². The smallest absolute Gasteiger partial charge is 0.307 e. The van der Waals surface area contributed by atoms with E-state index in [1.165, 1.54) is 0 Å². The number of benzene rings is 2. The number of hydrogen-bond donors (Lipinski definition) is 2. The van der Waals surface area contributed by atoms with Crippen molar-refractivity contribution in [2.24, 2.45) is 0 Å². The summed E-state index contributed by atoms with van der Waals surface area (Å²) in [6, 6.07) is 12.8. The summed E-state index contributed by atoms with van der Waals surface area (Å²) in [5, 5.41) is 16.4. The molecule has 8 heteroatoms. The van der Waals surface area contributed by atoms with Gasteiger partial charge in [0.1, 0.15) is 0 Å². The average Bonchev–Trinajstić information content (AvgIpc) is 3.01. The number of carbonyl (C=O) groups excluding carboxylic acids is 1. The first-order valence-electron chi connectivity index (χ1n) is 9.71. The van der Waals surface area contributed by atoms with E-state index >= 15 is 0 Å². The molecule has 1 aromatic heterocycles. The van der Waals surface area contributed by atoms with Crippen LogP contribution in [0.4, 0.5) is 5.69 Å². The fourth-order valence-electron chi connectivity index (χ4n) is 3.39. The lowest BCUT2D eigenvalue weighted by Crippen LogP contribution is -2.12. The maximum absolute atomic E-state index is 12.6. The molecule has 1 amide bonds. The molecule has 0 saturated heterocycles. The topological polar surface area (TPSA) is 84.2 Å². The number of nitrogens with one attached hydrogen (secondary N) is 1. The van der Waals surface area contributed by atoms with E-state index in [-0.39, 0.29) is 12.3 Å². The summed E-state index contributed by atoms with van der Waals surface area (Å²) in [5.74, 6) is -0.463. The van der Waals surface area contributed by atoms with Gasteiger partial charge in [-0.15, -0.1) is 23.2 Å². The van der Waals surface area contributed by atoms with Gasteiger partial charge in [0, 0.05) is 34.3 Å². The summed E-state index contributed by atoms with van der Waals surface area (Å²) in [7, 11) is 0. The Bertz CT molecular complexity index is 1110. The predicted molar refractivity (Wildman–Crippen MR) is 122 cm³/mol. The summed E-state index contributed by atoms with van der Waals surface area (Å²) in [6.07, 6.45) is -0.0417. The van der Waals surface area contributed by atoms with Crippen LogP contribution < -0.4 is 5.32 Å². The highest BCUT2D eigenvalue weighted by molar-refractivity contribution is 6.19. The highest BCUT2D eigenvalue weighted by Crippen LogP contribution is 2.19. The summed E-state index contributed by atoms with van der Waals surface area (Å²) >= 11 is 11.8. The van der Waals surface area contributed by atoms with Gasteiger partial charge in [-0.05, 0) is 54.8 Å². The second-order valence-corrected chi connectivity index (χ2v) is 7.81. The molecule has 0 unspecified atom stereocenters.